The van der Waals surface area contributed by atoms with Crippen LogP contribution in [0.25, 0.3) is 16.9 Å². The summed E-state index contributed by atoms with van der Waals surface area (Å²) >= 11 is 0. The van der Waals surface area contributed by atoms with Crippen LogP contribution in [0, 0.1) is 5.82 Å². The molecule has 3 aromatic heterocycles. The van der Waals surface area contributed by atoms with Gasteiger partial charge in [0, 0.05) is 56.6 Å². The second kappa shape index (κ2) is 9.46. The van der Waals surface area contributed by atoms with Gasteiger partial charge in [0.15, 0.2) is 0 Å². The summed E-state index contributed by atoms with van der Waals surface area (Å²) in [6.45, 7) is 2.15. The molecule has 1 aromatic carbocycles. The van der Waals surface area contributed by atoms with Crippen molar-refractivity contribution in [2.75, 3.05) is 39.7 Å². The van der Waals surface area contributed by atoms with E-state index in [4.69, 9.17) is 14.5 Å². The van der Waals surface area contributed by atoms with Crippen molar-refractivity contribution in [2.45, 2.75) is 25.1 Å². The molecule has 0 unspecified atom stereocenters. The van der Waals surface area contributed by atoms with Crippen LogP contribution in [-0.2, 0) is 28.2 Å². The molecule has 2 aliphatic rings. The van der Waals surface area contributed by atoms with Gasteiger partial charge < -0.3 is 25.0 Å². The van der Waals surface area contributed by atoms with Crippen molar-refractivity contribution < 1.29 is 18.7 Å². The van der Waals surface area contributed by atoms with Crippen LogP contribution in [0.4, 0.5) is 15.9 Å². The van der Waals surface area contributed by atoms with E-state index in [1.54, 1.807) is 19.5 Å². The molecule has 2 aliphatic heterocycles. The van der Waals surface area contributed by atoms with Gasteiger partial charge in [-0.05, 0) is 37.9 Å². The van der Waals surface area contributed by atoms with E-state index in [9.17, 15) is 9.18 Å². The lowest BCUT2D eigenvalue weighted by Crippen LogP contribution is -2.31. The highest BCUT2D eigenvalue weighted by Crippen LogP contribution is 2.38. The Kier molecular flexibility index (Phi) is 6.10. The third kappa shape index (κ3) is 4.10. The minimum absolute atomic E-state index is 0.157. The van der Waals surface area contributed by atoms with Crippen LogP contribution < -0.4 is 10.6 Å². The number of hydrogen-bond donors (Lipinski definition) is 2. The molecule has 0 saturated carbocycles. The van der Waals surface area contributed by atoms with E-state index in [1.165, 1.54) is 12.1 Å². The summed E-state index contributed by atoms with van der Waals surface area (Å²) in [5.74, 6) is 0.131. The fraction of sp³-hybridized carbons (Fsp3) is 0.321. The van der Waals surface area contributed by atoms with Crippen LogP contribution in [0.15, 0.2) is 48.8 Å². The second-order valence-corrected chi connectivity index (χ2v) is 9.97. The number of hydrogen-bond acceptors (Lipinski definition) is 7. The monoisotopic (exact) mass is 516 g/mol. The molecule has 9 nitrogen and oxygen atoms in total. The predicted molar refractivity (Wildman–Crippen MR) is 141 cm³/mol. The number of carbonyl (C=O) groups excluding carboxylic acids is 1. The van der Waals surface area contributed by atoms with E-state index in [0.717, 1.165) is 34.5 Å². The topological polar surface area (TPSA) is 93.0 Å². The van der Waals surface area contributed by atoms with E-state index in [-0.39, 0.29) is 11.7 Å². The second-order valence-electron chi connectivity index (χ2n) is 9.97. The molecule has 4 aromatic rings. The Morgan fingerprint density at radius 3 is 2.89 bits per heavy atom. The molecule has 0 aliphatic carbocycles. The van der Waals surface area contributed by atoms with Crippen LogP contribution >= 0.6 is 0 Å². The molecule has 1 saturated heterocycles. The lowest BCUT2D eigenvalue weighted by atomic mass is 9.91. The Hall–Kier alpha value is -3.86. The van der Waals surface area contributed by atoms with Crippen molar-refractivity contribution in [1.29, 1.82) is 0 Å². The number of ether oxygens (including phenoxy) is 2. The number of benzene rings is 1. The van der Waals surface area contributed by atoms with Crippen LogP contribution in [0.5, 0.6) is 0 Å². The Balaban J connectivity index is 1.39. The van der Waals surface area contributed by atoms with Crippen molar-refractivity contribution in [3.8, 4) is 11.3 Å². The number of rotatable bonds is 7. The molecular formula is C28H29FN6O3. The molecule has 10 heteroatoms. The lowest BCUT2D eigenvalue weighted by Gasteiger charge is -2.29. The SMILES string of the molecule is CO[C@@]1(c2ccc(Nc3ccc(-c4cnc5cc(F)ccn45)c4c3C(=O)NC4)nc2CN(C)C)CCOC1. The Morgan fingerprint density at radius 1 is 1.26 bits per heavy atom. The van der Waals surface area contributed by atoms with Gasteiger partial charge in [0.25, 0.3) is 5.91 Å². The van der Waals surface area contributed by atoms with Crippen molar-refractivity contribution >= 4 is 23.1 Å². The maximum absolute atomic E-state index is 13.7. The summed E-state index contributed by atoms with van der Waals surface area (Å²) in [6.07, 6.45) is 4.12. The number of aromatic nitrogens is 3. The maximum Gasteiger partial charge on any atom is 0.254 e. The van der Waals surface area contributed by atoms with Crippen LogP contribution in [0.2, 0.25) is 0 Å². The van der Waals surface area contributed by atoms with E-state index in [2.05, 4.69) is 20.5 Å². The van der Waals surface area contributed by atoms with E-state index in [0.29, 0.717) is 49.0 Å². The first-order valence-electron chi connectivity index (χ1n) is 12.5. The van der Waals surface area contributed by atoms with Gasteiger partial charge >= 0.3 is 0 Å². The normalized spacial score (nSPS) is 18.8. The van der Waals surface area contributed by atoms with Gasteiger partial charge in [-0.2, -0.15) is 0 Å². The van der Waals surface area contributed by atoms with Crippen LogP contribution in [-0.4, -0.2) is 59.6 Å². The third-order valence-electron chi connectivity index (χ3n) is 7.29. The number of carbonyl (C=O) groups is 1. The molecule has 196 valence electrons. The van der Waals surface area contributed by atoms with E-state index < -0.39 is 5.60 Å². The Morgan fingerprint density at radius 2 is 2.13 bits per heavy atom. The number of fused-ring (bicyclic) bond motifs is 2. The van der Waals surface area contributed by atoms with Crippen molar-refractivity contribution in [3.63, 3.8) is 0 Å². The molecule has 1 fully saturated rings. The molecule has 2 N–H and O–H groups in total. The largest absolute Gasteiger partial charge is 0.378 e. The number of halogens is 1. The van der Waals surface area contributed by atoms with E-state index >= 15 is 0 Å². The summed E-state index contributed by atoms with van der Waals surface area (Å²) in [4.78, 5) is 24.3. The standard InChI is InChI=1S/C28H29FN6O3/c1-34(2)15-22-20(28(37-3)9-11-38-16-28)5-7-24(33-22)32-21-6-4-18(19-13-31-27(36)26(19)21)23-14-30-25-12-17(29)8-10-35(23)25/h4-8,10,12,14H,9,11,13,15-16H2,1-3H3,(H,31,36)(H,32,33)/t28-/m0/s1. The van der Waals surface area contributed by atoms with Crippen LogP contribution in [0.1, 0.15) is 33.6 Å². The smallest absolute Gasteiger partial charge is 0.254 e. The first-order valence-corrected chi connectivity index (χ1v) is 12.5. The van der Waals surface area contributed by atoms with Gasteiger partial charge in [-0.3, -0.25) is 9.20 Å². The number of methoxy groups -OCH3 is 1. The summed E-state index contributed by atoms with van der Waals surface area (Å²) in [6, 6.07) is 10.6. The summed E-state index contributed by atoms with van der Waals surface area (Å²) in [5.41, 5.74) is 5.64. The molecular weight excluding hydrogens is 487 g/mol. The fourth-order valence-corrected chi connectivity index (χ4v) is 5.42. The fourth-order valence-electron chi connectivity index (χ4n) is 5.42. The minimum Gasteiger partial charge on any atom is -0.378 e. The number of pyridine rings is 2. The lowest BCUT2D eigenvalue weighted by molar-refractivity contribution is -0.0225. The molecule has 0 spiro atoms. The first-order chi connectivity index (χ1) is 18.4. The van der Waals surface area contributed by atoms with Gasteiger partial charge in [0.2, 0.25) is 0 Å². The molecule has 0 radical (unpaired) electrons. The zero-order valence-electron chi connectivity index (χ0n) is 21.5. The number of nitrogens with one attached hydrogen (secondary N) is 2. The Labute approximate surface area is 219 Å². The van der Waals surface area contributed by atoms with Gasteiger partial charge in [0.05, 0.1) is 35.4 Å². The molecule has 1 atom stereocenters. The van der Waals surface area contributed by atoms with E-state index in [1.807, 2.05) is 42.8 Å². The van der Waals surface area contributed by atoms with Crippen molar-refractivity contribution in [2.24, 2.45) is 0 Å². The highest BCUT2D eigenvalue weighted by atomic mass is 19.1. The number of nitrogens with zero attached hydrogens (tertiary/aromatic N) is 4. The minimum atomic E-state index is -0.517. The van der Waals surface area contributed by atoms with Gasteiger partial charge in [-0.15, -0.1) is 0 Å². The summed E-state index contributed by atoms with van der Waals surface area (Å²) in [5, 5.41) is 6.32. The maximum atomic E-state index is 13.7. The quantitative estimate of drug-likeness (QED) is 0.386. The molecule has 6 rings (SSSR count). The average molecular weight is 517 g/mol. The Bertz CT molecular complexity index is 1540. The highest BCUT2D eigenvalue weighted by Gasteiger charge is 2.39. The summed E-state index contributed by atoms with van der Waals surface area (Å²) in [7, 11) is 5.71. The zero-order chi connectivity index (χ0) is 26.4. The van der Waals surface area contributed by atoms with Crippen molar-refractivity contribution in [1.82, 2.24) is 24.6 Å². The third-order valence-corrected chi connectivity index (χ3v) is 7.29. The average Bonchev–Trinajstić information content (AvgIpc) is 3.63. The summed E-state index contributed by atoms with van der Waals surface area (Å²) < 4.78 is 27.1. The number of anilines is 2. The number of amides is 1. The highest BCUT2D eigenvalue weighted by molar-refractivity contribution is 6.06. The van der Waals surface area contributed by atoms with Gasteiger partial charge in [0.1, 0.15) is 22.9 Å². The first kappa shape index (κ1) is 24.5. The van der Waals surface area contributed by atoms with Gasteiger partial charge in [-0.25, -0.2) is 14.4 Å². The van der Waals surface area contributed by atoms with Crippen molar-refractivity contribution in [3.05, 3.63) is 77.0 Å². The zero-order valence-corrected chi connectivity index (χ0v) is 21.5. The predicted octanol–water partition coefficient (Wildman–Crippen LogP) is 3.85. The molecule has 0 bridgehead atoms. The number of imidazole rings is 1. The van der Waals surface area contributed by atoms with Gasteiger partial charge in [-0.1, -0.05) is 12.1 Å². The molecule has 38 heavy (non-hydrogen) atoms. The van der Waals surface area contributed by atoms with Crippen LogP contribution in [0.3, 0.4) is 0 Å². The molecule has 5 heterocycles. The molecule has 1 amide bonds.